The molecule has 2 atom stereocenters. The van der Waals surface area contributed by atoms with Crippen molar-refractivity contribution in [3.8, 4) is 0 Å². The molecular formula is C22H23NOS. The largest absolute Gasteiger partial charge is 0.349 e. The number of thiophene rings is 1. The third-order valence-electron chi connectivity index (χ3n) is 5.44. The van der Waals surface area contributed by atoms with E-state index in [2.05, 4.69) is 65.9 Å². The standard InChI is InChI=1S/C22H23NOS/c1-3-23-15(2)11-19(17-9-10-25-14-17)22-20(23)12-18(13-21(22)24)16-7-5-4-6-8-16/h4-11,14,18-19H,3,12-13H2,1-2H3. The van der Waals surface area contributed by atoms with Crippen molar-refractivity contribution in [3.05, 3.63) is 81.3 Å². The number of hydrogen-bond donors (Lipinski definition) is 0. The van der Waals surface area contributed by atoms with Crippen LogP contribution in [0.3, 0.4) is 0 Å². The van der Waals surface area contributed by atoms with E-state index in [1.165, 1.54) is 22.5 Å². The molecule has 0 saturated carbocycles. The van der Waals surface area contributed by atoms with Gasteiger partial charge in [0.15, 0.2) is 5.78 Å². The molecule has 2 aromatic rings. The maximum atomic E-state index is 13.2. The molecule has 25 heavy (non-hydrogen) atoms. The molecule has 0 N–H and O–H groups in total. The fourth-order valence-corrected chi connectivity index (χ4v) is 4.96. The lowest BCUT2D eigenvalue weighted by Crippen LogP contribution is -2.34. The second kappa shape index (κ2) is 6.64. The Bertz CT molecular complexity index is 832. The topological polar surface area (TPSA) is 20.3 Å². The Balaban J connectivity index is 1.78. The van der Waals surface area contributed by atoms with Gasteiger partial charge in [-0.1, -0.05) is 36.4 Å². The van der Waals surface area contributed by atoms with Gasteiger partial charge in [0.05, 0.1) is 0 Å². The molecule has 3 heteroatoms. The van der Waals surface area contributed by atoms with Gasteiger partial charge in [-0.25, -0.2) is 0 Å². The summed E-state index contributed by atoms with van der Waals surface area (Å²) in [7, 11) is 0. The van der Waals surface area contributed by atoms with Gasteiger partial charge >= 0.3 is 0 Å². The average molecular weight is 349 g/mol. The highest BCUT2D eigenvalue weighted by molar-refractivity contribution is 7.08. The van der Waals surface area contributed by atoms with Crippen LogP contribution in [-0.4, -0.2) is 17.2 Å². The summed E-state index contributed by atoms with van der Waals surface area (Å²) in [5.74, 6) is 0.720. The van der Waals surface area contributed by atoms with Gasteiger partial charge in [-0.05, 0) is 54.1 Å². The normalized spacial score (nSPS) is 23.5. The second-order valence-corrected chi connectivity index (χ2v) is 7.67. The van der Waals surface area contributed by atoms with Crippen molar-refractivity contribution in [1.29, 1.82) is 0 Å². The minimum Gasteiger partial charge on any atom is -0.349 e. The molecule has 1 aliphatic heterocycles. The third kappa shape index (κ3) is 2.87. The van der Waals surface area contributed by atoms with Gasteiger partial charge in [-0.15, -0.1) is 0 Å². The van der Waals surface area contributed by atoms with Crippen LogP contribution in [0.5, 0.6) is 0 Å². The van der Waals surface area contributed by atoms with Crippen molar-refractivity contribution in [2.75, 3.05) is 6.54 Å². The fraction of sp³-hybridized carbons (Fsp3) is 0.318. The lowest BCUT2D eigenvalue weighted by molar-refractivity contribution is -0.116. The van der Waals surface area contributed by atoms with E-state index in [-0.39, 0.29) is 11.8 Å². The van der Waals surface area contributed by atoms with Crippen LogP contribution in [0.4, 0.5) is 0 Å². The van der Waals surface area contributed by atoms with E-state index in [0.29, 0.717) is 12.2 Å². The number of benzene rings is 1. The van der Waals surface area contributed by atoms with E-state index in [9.17, 15) is 4.79 Å². The van der Waals surface area contributed by atoms with Crippen LogP contribution in [-0.2, 0) is 4.79 Å². The molecule has 2 heterocycles. The molecule has 4 rings (SSSR count). The van der Waals surface area contributed by atoms with Crippen molar-refractivity contribution in [1.82, 2.24) is 4.90 Å². The summed E-state index contributed by atoms with van der Waals surface area (Å²) in [6.07, 6.45) is 3.84. The molecule has 0 saturated heterocycles. The van der Waals surface area contributed by atoms with E-state index < -0.39 is 0 Å². The monoisotopic (exact) mass is 349 g/mol. The van der Waals surface area contributed by atoms with Crippen molar-refractivity contribution >= 4 is 17.1 Å². The number of nitrogens with zero attached hydrogens (tertiary/aromatic N) is 1. The molecule has 0 fully saturated rings. The smallest absolute Gasteiger partial charge is 0.162 e. The molecule has 2 unspecified atom stereocenters. The zero-order valence-corrected chi connectivity index (χ0v) is 15.6. The first-order chi connectivity index (χ1) is 12.2. The minimum atomic E-state index is 0.119. The Morgan fingerprint density at radius 2 is 1.92 bits per heavy atom. The van der Waals surface area contributed by atoms with E-state index in [1.807, 2.05) is 6.07 Å². The Morgan fingerprint density at radius 1 is 1.12 bits per heavy atom. The molecule has 0 bridgehead atoms. The molecular weight excluding hydrogens is 326 g/mol. The Kier molecular flexibility index (Phi) is 4.34. The van der Waals surface area contributed by atoms with Crippen molar-refractivity contribution in [2.24, 2.45) is 0 Å². The lowest BCUT2D eigenvalue weighted by atomic mass is 9.74. The van der Waals surface area contributed by atoms with Gasteiger partial charge in [-0.3, -0.25) is 4.79 Å². The van der Waals surface area contributed by atoms with E-state index >= 15 is 0 Å². The summed E-state index contributed by atoms with van der Waals surface area (Å²) in [6.45, 7) is 5.25. The van der Waals surface area contributed by atoms with E-state index in [1.54, 1.807) is 11.3 Å². The molecule has 1 aromatic carbocycles. The Labute approximate surface area is 153 Å². The lowest BCUT2D eigenvalue weighted by Gasteiger charge is -2.40. The third-order valence-corrected chi connectivity index (χ3v) is 6.14. The zero-order valence-electron chi connectivity index (χ0n) is 14.7. The van der Waals surface area contributed by atoms with Gasteiger partial charge in [-0.2, -0.15) is 11.3 Å². The van der Waals surface area contributed by atoms with Crippen LogP contribution in [0.1, 0.15) is 49.7 Å². The molecule has 0 radical (unpaired) electrons. The number of carbonyl (C=O) groups excluding carboxylic acids is 1. The average Bonchev–Trinajstić information content (AvgIpc) is 3.16. The maximum absolute atomic E-state index is 13.2. The van der Waals surface area contributed by atoms with Gasteiger partial charge in [0.2, 0.25) is 0 Å². The zero-order chi connectivity index (χ0) is 17.4. The molecule has 0 spiro atoms. The van der Waals surface area contributed by atoms with Gasteiger partial charge in [0.1, 0.15) is 0 Å². The molecule has 2 nitrogen and oxygen atoms in total. The number of rotatable bonds is 3. The van der Waals surface area contributed by atoms with Gasteiger partial charge < -0.3 is 4.90 Å². The minimum absolute atomic E-state index is 0.119. The molecule has 1 aromatic heterocycles. The van der Waals surface area contributed by atoms with E-state index in [4.69, 9.17) is 0 Å². The highest BCUT2D eigenvalue weighted by Gasteiger charge is 2.37. The predicted octanol–water partition coefficient (Wildman–Crippen LogP) is 5.47. The second-order valence-electron chi connectivity index (χ2n) is 6.89. The molecule has 2 aliphatic rings. The highest BCUT2D eigenvalue weighted by Crippen LogP contribution is 2.45. The molecule has 0 amide bonds. The first kappa shape index (κ1) is 16.3. The van der Waals surface area contributed by atoms with Crippen LogP contribution in [0.2, 0.25) is 0 Å². The summed E-state index contributed by atoms with van der Waals surface area (Å²) in [4.78, 5) is 15.5. The summed E-state index contributed by atoms with van der Waals surface area (Å²) < 4.78 is 0. The Hall–Kier alpha value is -2.13. The van der Waals surface area contributed by atoms with Gasteiger partial charge in [0, 0.05) is 35.9 Å². The van der Waals surface area contributed by atoms with Crippen LogP contribution in [0.15, 0.2) is 70.2 Å². The number of Topliss-reactive ketones (excluding diaryl/α,β-unsaturated/α-hetero) is 1. The summed E-state index contributed by atoms with van der Waals surface area (Å²) in [5.41, 5.74) is 6.05. The molecule has 128 valence electrons. The van der Waals surface area contributed by atoms with Crippen LogP contribution in [0, 0.1) is 0 Å². The fourth-order valence-electron chi connectivity index (χ4n) is 4.26. The maximum Gasteiger partial charge on any atom is 0.162 e. The van der Waals surface area contributed by atoms with Crippen molar-refractivity contribution in [3.63, 3.8) is 0 Å². The number of carbonyl (C=O) groups is 1. The number of allylic oxidation sites excluding steroid dienone is 4. The van der Waals surface area contributed by atoms with E-state index in [0.717, 1.165) is 18.5 Å². The van der Waals surface area contributed by atoms with Gasteiger partial charge in [0.25, 0.3) is 0 Å². The molecule has 1 aliphatic carbocycles. The number of ketones is 1. The van der Waals surface area contributed by atoms with Crippen molar-refractivity contribution < 1.29 is 4.79 Å². The van der Waals surface area contributed by atoms with Crippen LogP contribution < -0.4 is 0 Å². The van der Waals surface area contributed by atoms with Crippen LogP contribution in [0.25, 0.3) is 0 Å². The summed E-state index contributed by atoms with van der Waals surface area (Å²) >= 11 is 1.70. The number of hydrogen-bond acceptors (Lipinski definition) is 3. The predicted molar refractivity (Wildman–Crippen MR) is 104 cm³/mol. The van der Waals surface area contributed by atoms with Crippen LogP contribution >= 0.6 is 11.3 Å². The Morgan fingerprint density at radius 3 is 2.60 bits per heavy atom. The first-order valence-electron chi connectivity index (χ1n) is 8.98. The summed E-state index contributed by atoms with van der Waals surface area (Å²) in [5, 5.41) is 4.28. The first-order valence-corrected chi connectivity index (χ1v) is 9.92. The SMILES string of the molecule is CCN1C(C)=CC(c2ccsc2)C2=C1CC(c1ccccc1)CC2=O. The quantitative estimate of drug-likeness (QED) is 0.732. The van der Waals surface area contributed by atoms with Crippen molar-refractivity contribution in [2.45, 2.75) is 38.5 Å². The summed E-state index contributed by atoms with van der Waals surface area (Å²) in [6, 6.07) is 12.6. The highest BCUT2D eigenvalue weighted by atomic mass is 32.1.